The quantitative estimate of drug-likeness (QED) is 0.646. The first kappa shape index (κ1) is 12.7. The van der Waals surface area contributed by atoms with E-state index in [1.165, 1.54) is 0 Å². The molecular weight excluding hydrogens is 250 g/mol. The molecule has 0 saturated carbocycles. The van der Waals surface area contributed by atoms with E-state index in [0.717, 1.165) is 0 Å². The van der Waals surface area contributed by atoms with Crippen LogP contribution in [0.4, 0.5) is 0 Å². The Morgan fingerprint density at radius 3 is 2.89 bits per heavy atom. The van der Waals surface area contributed by atoms with Crippen LogP contribution in [0.25, 0.3) is 10.9 Å². The summed E-state index contributed by atoms with van der Waals surface area (Å²) in [6.45, 7) is 3.62. The number of aromatic nitrogens is 1. The molecule has 0 unspecified atom stereocenters. The monoisotopic (exact) mass is 263 g/mol. The fourth-order valence-corrected chi connectivity index (χ4v) is 2.15. The van der Waals surface area contributed by atoms with Crippen molar-refractivity contribution in [3.8, 4) is 5.75 Å². The molecule has 4 nitrogen and oxygen atoms in total. The molecule has 1 aromatic heterocycles. The molecule has 0 aliphatic heterocycles. The van der Waals surface area contributed by atoms with Gasteiger partial charge in [-0.3, -0.25) is 4.98 Å². The summed E-state index contributed by atoms with van der Waals surface area (Å²) in [6, 6.07) is 5.29. The van der Waals surface area contributed by atoms with Crippen LogP contribution in [0.15, 0.2) is 23.1 Å². The molecule has 1 heterocycles. The third kappa shape index (κ3) is 2.01. The van der Waals surface area contributed by atoms with Crippen molar-refractivity contribution in [2.45, 2.75) is 18.7 Å². The number of thiol groups is 1. The Morgan fingerprint density at radius 1 is 1.50 bits per heavy atom. The second-order valence-electron chi connectivity index (χ2n) is 3.81. The van der Waals surface area contributed by atoms with Crippen molar-refractivity contribution < 1.29 is 14.6 Å². The van der Waals surface area contributed by atoms with E-state index in [0.29, 0.717) is 21.5 Å². The Balaban J connectivity index is 2.75. The van der Waals surface area contributed by atoms with Gasteiger partial charge < -0.3 is 9.84 Å². The maximum atomic E-state index is 11.8. The van der Waals surface area contributed by atoms with Crippen LogP contribution < -0.4 is 0 Å². The first-order valence-corrected chi connectivity index (χ1v) is 5.99. The van der Waals surface area contributed by atoms with Crippen LogP contribution in [-0.2, 0) is 4.74 Å². The number of esters is 1. The van der Waals surface area contributed by atoms with Gasteiger partial charge in [-0.05, 0) is 26.0 Å². The molecular formula is C13H13NO3S. The summed E-state index contributed by atoms with van der Waals surface area (Å²) in [5.74, 6) is -0.694. The van der Waals surface area contributed by atoms with Crippen molar-refractivity contribution in [2.24, 2.45) is 0 Å². The van der Waals surface area contributed by atoms with Crippen LogP contribution >= 0.6 is 12.6 Å². The lowest BCUT2D eigenvalue weighted by Crippen LogP contribution is -2.08. The van der Waals surface area contributed by atoms with Gasteiger partial charge >= 0.3 is 5.97 Å². The van der Waals surface area contributed by atoms with E-state index >= 15 is 0 Å². The van der Waals surface area contributed by atoms with Gasteiger partial charge in [0.2, 0.25) is 0 Å². The third-order valence-electron chi connectivity index (χ3n) is 2.62. The van der Waals surface area contributed by atoms with Gasteiger partial charge in [0.25, 0.3) is 0 Å². The van der Waals surface area contributed by atoms with E-state index < -0.39 is 5.97 Å². The standard InChI is InChI=1S/C13H13NO3S/c1-3-17-13(16)10-7(2)14-8-5-4-6-9(18)11(8)12(10)15/h4-6,18H,3H2,1-2H3,(H,14,15). The normalized spacial score (nSPS) is 10.6. The SMILES string of the molecule is CCOC(=O)c1c(C)nc2cccc(S)c2c1O. The minimum atomic E-state index is -0.571. The summed E-state index contributed by atoms with van der Waals surface area (Å²) in [6.07, 6.45) is 0. The number of carbonyl (C=O) groups is 1. The van der Waals surface area contributed by atoms with E-state index in [1.807, 2.05) is 0 Å². The molecule has 2 rings (SSSR count). The number of aryl methyl sites for hydroxylation is 1. The molecule has 94 valence electrons. The molecule has 0 amide bonds. The lowest BCUT2D eigenvalue weighted by Gasteiger charge is -2.11. The Kier molecular flexibility index (Phi) is 3.43. The minimum absolute atomic E-state index is 0.103. The van der Waals surface area contributed by atoms with Gasteiger partial charge in [-0.1, -0.05) is 6.07 Å². The second kappa shape index (κ2) is 4.86. The molecule has 0 fully saturated rings. The lowest BCUT2D eigenvalue weighted by atomic mass is 10.1. The molecule has 0 aliphatic rings. The van der Waals surface area contributed by atoms with Crippen molar-refractivity contribution in [1.82, 2.24) is 4.98 Å². The van der Waals surface area contributed by atoms with Crippen molar-refractivity contribution in [3.63, 3.8) is 0 Å². The second-order valence-corrected chi connectivity index (χ2v) is 4.29. The van der Waals surface area contributed by atoms with E-state index in [-0.39, 0.29) is 17.9 Å². The fraction of sp³-hybridized carbons (Fsp3) is 0.231. The van der Waals surface area contributed by atoms with Crippen molar-refractivity contribution in [2.75, 3.05) is 6.61 Å². The van der Waals surface area contributed by atoms with Crippen LogP contribution in [0, 0.1) is 6.92 Å². The first-order valence-electron chi connectivity index (χ1n) is 5.54. The molecule has 0 radical (unpaired) electrons. The molecule has 5 heteroatoms. The van der Waals surface area contributed by atoms with E-state index in [1.54, 1.807) is 32.0 Å². The predicted molar refractivity (Wildman–Crippen MR) is 71.4 cm³/mol. The molecule has 1 N–H and O–H groups in total. The van der Waals surface area contributed by atoms with Gasteiger partial charge in [0, 0.05) is 4.90 Å². The zero-order chi connectivity index (χ0) is 13.3. The van der Waals surface area contributed by atoms with E-state index in [4.69, 9.17) is 4.74 Å². The van der Waals surface area contributed by atoms with Crippen molar-refractivity contribution in [3.05, 3.63) is 29.5 Å². The third-order valence-corrected chi connectivity index (χ3v) is 3.00. The van der Waals surface area contributed by atoms with Crippen LogP contribution in [0.1, 0.15) is 23.0 Å². The molecule has 2 aromatic rings. The number of nitrogens with zero attached hydrogens (tertiary/aromatic N) is 1. The smallest absolute Gasteiger partial charge is 0.343 e. The molecule has 1 aromatic carbocycles. The largest absolute Gasteiger partial charge is 0.506 e. The zero-order valence-corrected chi connectivity index (χ0v) is 11.0. The molecule has 0 aliphatic carbocycles. The average molecular weight is 263 g/mol. The van der Waals surface area contributed by atoms with Gasteiger partial charge in [0.05, 0.1) is 23.2 Å². The van der Waals surface area contributed by atoms with Crippen LogP contribution in [0.3, 0.4) is 0 Å². The Hall–Kier alpha value is -1.75. The van der Waals surface area contributed by atoms with E-state index in [9.17, 15) is 9.90 Å². The van der Waals surface area contributed by atoms with Gasteiger partial charge in [-0.15, -0.1) is 12.6 Å². The number of carbonyl (C=O) groups excluding carboxylic acids is 1. The molecule has 0 saturated heterocycles. The van der Waals surface area contributed by atoms with Crippen molar-refractivity contribution >= 4 is 29.5 Å². The molecule has 0 bridgehead atoms. The lowest BCUT2D eigenvalue weighted by molar-refractivity contribution is 0.0522. The maximum absolute atomic E-state index is 11.8. The topological polar surface area (TPSA) is 59.4 Å². The zero-order valence-electron chi connectivity index (χ0n) is 10.1. The number of fused-ring (bicyclic) bond motifs is 1. The van der Waals surface area contributed by atoms with Gasteiger partial charge in [0.1, 0.15) is 11.3 Å². The van der Waals surface area contributed by atoms with Gasteiger partial charge in [0.15, 0.2) is 0 Å². The predicted octanol–water partition coefficient (Wildman–Crippen LogP) is 2.71. The average Bonchev–Trinajstić information content (AvgIpc) is 2.28. The summed E-state index contributed by atoms with van der Waals surface area (Å²) >= 11 is 4.27. The first-order chi connectivity index (χ1) is 8.56. The molecule has 0 spiro atoms. The highest BCUT2D eigenvalue weighted by molar-refractivity contribution is 7.80. The number of hydrogen-bond donors (Lipinski definition) is 2. The highest BCUT2D eigenvalue weighted by Crippen LogP contribution is 2.34. The van der Waals surface area contributed by atoms with Crippen LogP contribution in [0.5, 0.6) is 5.75 Å². The highest BCUT2D eigenvalue weighted by Gasteiger charge is 2.20. The minimum Gasteiger partial charge on any atom is -0.506 e. The van der Waals surface area contributed by atoms with Gasteiger partial charge in [-0.2, -0.15) is 0 Å². The highest BCUT2D eigenvalue weighted by atomic mass is 32.1. The fourth-order valence-electron chi connectivity index (χ4n) is 1.84. The summed E-state index contributed by atoms with van der Waals surface area (Å²) in [7, 11) is 0. The maximum Gasteiger partial charge on any atom is 0.343 e. The molecule has 18 heavy (non-hydrogen) atoms. The van der Waals surface area contributed by atoms with Crippen molar-refractivity contribution in [1.29, 1.82) is 0 Å². The molecule has 0 atom stereocenters. The Bertz CT molecular complexity index is 625. The summed E-state index contributed by atoms with van der Waals surface area (Å²) < 4.78 is 4.91. The number of ether oxygens (including phenoxy) is 1. The number of hydrogen-bond acceptors (Lipinski definition) is 5. The van der Waals surface area contributed by atoms with E-state index in [2.05, 4.69) is 17.6 Å². The number of pyridine rings is 1. The summed E-state index contributed by atoms with van der Waals surface area (Å²) in [5, 5.41) is 10.7. The van der Waals surface area contributed by atoms with Gasteiger partial charge in [-0.25, -0.2) is 4.79 Å². The number of rotatable bonds is 2. The summed E-state index contributed by atoms with van der Waals surface area (Å²) in [5.41, 5.74) is 1.15. The number of benzene rings is 1. The Morgan fingerprint density at radius 2 is 2.22 bits per heavy atom. The Labute approximate surface area is 110 Å². The van der Waals surface area contributed by atoms with Crippen LogP contribution in [-0.4, -0.2) is 22.7 Å². The number of aromatic hydroxyl groups is 1. The van der Waals surface area contributed by atoms with Crippen LogP contribution in [0.2, 0.25) is 0 Å². The summed E-state index contributed by atoms with van der Waals surface area (Å²) in [4.78, 5) is 16.7.